The second-order valence-corrected chi connectivity index (χ2v) is 8.76. The molecule has 174 valence electrons. The van der Waals surface area contributed by atoms with E-state index in [0.29, 0.717) is 27.6 Å². The highest BCUT2D eigenvalue weighted by atomic mass is 32.1. The lowest BCUT2D eigenvalue weighted by molar-refractivity contribution is -0.120. The number of pyridine rings is 3. The van der Waals surface area contributed by atoms with E-state index in [9.17, 15) is 14.4 Å². The van der Waals surface area contributed by atoms with Crippen LogP contribution in [-0.2, 0) is 17.8 Å². The number of carbonyl (C=O) groups excluding carboxylic acids is 3. The first-order chi connectivity index (χ1) is 17.1. The van der Waals surface area contributed by atoms with E-state index in [1.54, 1.807) is 60.2 Å². The summed E-state index contributed by atoms with van der Waals surface area (Å²) < 4.78 is 0. The van der Waals surface area contributed by atoms with Crippen molar-refractivity contribution >= 4 is 40.6 Å². The number of hydrogen-bond donors (Lipinski definition) is 2. The lowest BCUT2D eigenvalue weighted by atomic mass is 10.1. The molecule has 1 aliphatic rings. The van der Waals surface area contributed by atoms with Crippen molar-refractivity contribution in [2.45, 2.75) is 19.0 Å². The van der Waals surface area contributed by atoms with E-state index in [1.165, 1.54) is 22.4 Å². The standard InChI is InChI=1S/C25H20N6O3S/c32-23(30-21-6-2-4-11-27-21)19-8-7-16(14-28-19)15-31-20(13-17-5-1-3-10-26-17)24(33)29-18-9-12-35-22(18)25(31)34/h1-12,14,20H,13,15H2,(H,29,33)(H,27,30,32). The zero-order valence-electron chi connectivity index (χ0n) is 18.4. The molecule has 0 aromatic carbocycles. The Morgan fingerprint density at radius 1 is 1.00 bits per heavy atom. The average Bonchev–Trinajstić information content (AvgIpc) is 3.32. The average molecular weight is 485 g/mol. The fourth-order valence-corrected chi connectivity index (χ4v) is 4.58. The van der Waals surface area contributed by atoms with Gasteiger partial charge in [0.2, 0.25) is 5.91 Å². The van der Waals surface area contributed by atoms with Crippen molar-refractivity contribution in [3.05, 3.63) is 100 Å². The molecular formula is C25H20N6O3S. The van der Waals surface area contributed by atoms with Crippen LogP contribution in [0.25, 0.3) is 0 Å². The molecule has 0 bridgehead atoms. The molecule has 0 saturated carbocycles. The molecule has 4 aromatic heterocycles. The highest BCUT2D eigenvalue weighted by Crippen LogP contribution is 2.30. The SMILES string of the molecule is O=C(Nc1ccccn1)c1ccc(CN2C(=O)c3sccc3NC(=O)C2Cc2ccccn2)cn1. The Morgan fingerprint density at radius 3 is 2.54 bits per heavy atom. The highest BCUT2D eigenvalue weighted by Gasteiger charge is 2.36. The van der Waals surface area contributed by atoms with Crippen molar-refractivity contribution < 1.29 is 14.4 Å². The summed E-state index contributed by atoms with van der Waals surface area (Å²) in [4.78, 5) is 53.8. The van der Waals surface area contributed by atoms with Crippen molar-refractivity contribution in [3.8, 4) is 0 Å². The molecule has 0 saturated heterocycles. The van der Waals surface area contributed by atoms with Crippen LogP contribution in [0.3, 0.4) is 0 Å². The first-order valence-corrected chi connectivity index (χ1v) is 11.7. The summed E-state index contributed by atoms with van der Waals surface area (Å²) in [5.41, 5.74) is 2.12. The number of aromatic nitrogens is 3. The van der Waals surface area contributed by atoms with E-state index in [4.69, 9.17) is 0 Å². The molecule has 3 amide bonds. The van der Waals surface area contributed by atoms with Gasteiger partial charge in [-0.25, -0.2) is 4.98 Å². The second kappa shape index (κ2) is 9.82. The van der Waals surface area contributed by atoms with Crippen LogP contribution < -0.4 is 10.6 Å². The van der Waals surface area contributed by atoms with Crippen molar-refractivity contribution in [2.24, 2.45) is 0 Å². The van der Waals surface area contributed by atoms with Gasteiger partial charge in [0.05, 0.1) is 5.69 Å². The van der Waals surface area contributed by atoms with Crippen LogP contribution in [0, 0.1) is 0 Å². The number of nitrogens with zero attached hydrogens (tertiary/aromatic N) is 4. The molecule has 0 fully saturated rings. The van der Waals surface area contributed by atoms with Crippen molar-refractivity contribution in [1.82, 2.24) is 19.9 Å². The van der Waals surface area contributed by atoms with Crippen molar-refractivity contribution in [2.75, 3.05) is 10.6 Å². The number of carbonyl (C=O) groups is 3. The predicted molar refractivity (Wildman–Crippen MR) is 131 cm³/mol. The number of anilines is 2. The topological polar surface area (TPSA) is 117 Å². The quantitative estimate of drug-likeness (QED) is 0.433. The Morgan fingerprint density at radius 2 is 1.83 bits per heavy atom. The minimum atomic E-state index is -0.760. The van der Waals surface area contributed by atoms with Gasteiger partial charge in [-0.3, -0.25) is 24.4 Å². The van der Waals surface area contributed by atoms with Crippen LogP contribution in [0.1, 0.15) is 31.4 Å². The Bertz CT molecular complexity index is 1360. The lowest BCUT2D eigenvalue weighted by Crippen LogP contribution is -2.46. The van der Waals surface area contributed by atoms with Gasteiger partial charge in [0.25, 0.3) is 11.8 Å². The number of amides is 3. The fourth-order valence-electron chi connectivity index (χ4n) is 3.77. The number of rotatable bonds is 6. The van der Waals surface area contributed by atoms with Gasteiger partial charge in [0, 0.05) is 37.3 Å². The number of thiophene rings is 1. The van der Waals surface area contributed by atoms with E-state index in [1.807, 2.05) is 12.1 Å². The number of hydrogen-bond acceptors (Lipinski definition) is 7. The van der Waals surface area contributed by atoms with Gasteiger partial charge in [-0.2, -0.15) is 0 Å². The molecule has 1 unspecified atom stereocenters. The summed E-state index contributed by atoms with van der Waals surface area (Å²) in [5, 5.41) is 7.33. The van der Waals surface area contributed by atoms with E-state index in [-0.39, 0.29) is 30.5 Å². The molecule has 0 radical (unpaired) electrons. The van der Waals surface area contributed by atoms with Crippen LogP contribution in [0.2, 0.25) is 0 Å². The third-order valence-corrected chi connectivity index (χ3v) is 6.40. The Hall–Kier alpha value is -4.44. The van der Waals surface area contributed by atoms with Gasteiger partial charge in [-0.05, 0) is 47.3 Å². The molecular weight excluding hydrogens is 464 g/mol. The smallest absolute Gasteiger partial charge is 0.275 e. The summed E-state index contributed by atoms with van der Waals surface area (Å²) in [7, 11) is 0. The van der Waals surface area contributed by atoms with Crippen LogP contribution >= 0.6 is 11.3 Å². The zero-order valence-corrected chi connectivity index (χ0v) is 19.2. The Kier molecular flexibility index (Phi) is 6.27. The molecule has 10 heteroatoms. The molecule has 0 aliphatic carbocycles. The first kappa shape index (κ1) is 22.4. The molecule has 2 N–H and O–H groups in total. The highest BCUT2D eigenvalue weighted by molar-refractivity contribution is 7.12. The van der Waals surface area contributed by atoms with Crippen LogP contribution in [0.5, 0.6) is 0 Å². The van der Waals surface area contributed by atoms with Crippen molar-refractivity contribution in [1.29, 1.82) is 0 Å². The molecule has 9 nitrogen and oxygen atoms in total. The molecule has 1 aliphatic heterocycles. The summed E-state index contributed by atoms with van der Waals surface area (Å²) in [5.74, 6) is -0.489. The Labute approximate surface area is 204 Å². The van der Waals surface area contributed by atoms with Gasteiger partial charge >= 0.3 is 0 Å². The minimum Gasteiger partial charge on any atom is -0.323 e. The molecule has 4 aromatic rings. The molecule has 5 rings (SSSR count). The van der Waals surface area contributed by atoms with Gasteiger partial charge in [-0.15, -0.1) is 11.3 Å². The minimum absolute atomic E-state index is 0.149. The normalized spacial score (nSPS) is 15.2. The third-order valence-electron chi connectivity index (χ3n) is 5.50. The van der Waals surface area contributed by atoms with Crippen LogP contribution in [0.15, 0.2) is 78.6 Å². The first-order valence-electron chi connectivity index (χ1n) is 10.8. The molecule has 0 spiro atoms. The number of fused-ring (bicyclic) bond motifs is 1. The second-order valence-electron chi connectivity index (χ2n) is 7.85. The summed E-state index contributed by atoms with van der Waals surface area (Å²) in [6.07, 6.45) is 5.05. The maximum absolute atomic E-state index is 13.5. The summed E-state index contributed by atoms with van der Waals surface area (Å²) >= 11 is 1.28. The van der Waals surface area contributed by atoms with Gasteiger partial charge < -0.3 is 15.5 Å². The summed E-state index contributed by atoms with van der Waals surface area (Å²) in [6.45, 7) is 0.149. The molecule has 5 heterocycles. The number of nitrogens with one attached hydrogen (secondary N) is 2. The lowest BCUT2D eigenvalue weighted by Gasteiger charge is -2.28. The largest absolute Gasteiger partial charge is 0.323 e. The summed E-state index contributed by atoms with van der Waals surface area (Å²) in [6, 6.07) is 15.0. The maximum Gasteiger partial charge on any atom is 0.275 e. The maximum atomic E-state index is 13.5. The van der Waals surface area contributed by atoms with Gasteiger partial charge in [0.1, 0.15) is 22.4 Å². The monoisotopic (exact) mass is 484 g/mol. The van der Waals surface area contributed by atoms with E-state index in [0.717, 1.165) is 0 Å². The van der Waals surface area contributed by atoms with E-state index < -0.39 is 11.9 Å². The third kappa shape index (κ3) is 4.92. The van der Waals surface area contributed by atoms with E-state index in [2.05, 4.69) is 25.6 Å². The predicted octanol–water partition coefficient (Wildman–Crippen LogP) is 3.39. The fraction of sp³-hybridized carbons (Fsp3) is 0.120. The Balaban J connectivity index is 1.39. The van der Waals surface area contributed by atoms with Gasteiger partial charge in [-0.1, -0.05) is 18.2 Å². The van der Waals surface area contributed by atoms with Crippen LogP contribution in [0.4, 0.5) is 11.5 Å². The van der Waals surface area contributed by atoms with Crippen molar-refractivity contribution in [3.63, 3.8) is 0 Å². The zero-order chi connectivity index (χ0) is 24.2. The van der Waals surface area contributed by atoms with Gasteiger partial charge in [0.15, 0.2) is 0 Å². The van der Waals surface area contributed by atoms with Crippen LogP contribution in [-0.4, -0.2) is 43.6 Å². The van der Waals surface area contributed by atoms with E-state index >= 15 is 0 Å². The molecule has 35 heavy (non-hydrogen) atoms. The molecule has 1 atom stereocenters.